The number of hydrogen-bond acceptors (Lipinski definition) is 5. The van der Waals surface area contributed by atoms with Crippen molar-refractivity contribution in [2.24, 2.45) is 0 Å². The fourth-order valence-corrected chi connectivity index (χ4v) is 1.90. The third-order valence-corrected chi connectivity index (χ3v) is 3.09. The molecule has 6 heteroatoms. The lowest BCUT2D eigenvalue weighted by molar-refractivity contribution is -0.117. The highest BCUT2D eigenvalue weighted by molar-refractivity contribution is 5.94. The van der Waals surface area contributed by atoms with Crippen molar-refractivity contribution in [1.82, 2.24) is 4.90 Å². The van der Waals surface area contributed by atoms with E-state index in [9.17, 15) is 4.79 Å². The van der Waals surface area contributed by atoms with Crippen LogP contribution in [0, 0.1) is 11.3 Å². The Kier molecular flexibility index (Phi) is 6.50. The molecule has 21 heavy (non-hydrogen) atoms. The zero-order chi connectivity index (χ0) is 15.8. The van der Waals surface area contributed by atoms with E-state index in [0.717, 1.165) is 0 Å². The Balaban J connectivity index is 2.70. The standard InChI is InChI=1S/C15H22N4O2/c1-11(2)19(8-4-7-16)10-15(20)18-13-6-5-12(17)9-14(13)21-3/h5-6,9,11H,4,8,10,17H2,1-3H3,(H,18,20). The van der Waals surface area contributed by atoms with E-state index < -0.39 is 0 Å². The number of nitrogens with two attached hydrogens (primary N) is 1. The lowest BCUT2D eigenvalue weighted by atomic mass is 10.2. The molecule has 0 aliphatic rings. The summed E-state index contributed by atoms with van der Waals surface area (Å²) >= 11 is 0. The number of nitrogen functional groups attached to an aromatic ring is 1. The SMILES string of the molecule is COc1cc(N)ccc1NC(=O)CN(CCC#N)C(C)C. The van der Waals surface area contributed by atoms with Gasteiger partial charge in [-0.05, 0) is 26.0 Å². The molecule has 0 aliphatic heterocycles. The number of ether oxygens (including phenoxy) is 1. The zero-order valence-corrected chi connectivity index (χ0v) is 12.7. The number of carbonyl (C=O) groups is 1. The molecule has 0 bridgehead atoms. The number of rotatable bonds is 7. The van der Waals surface area contributed by atoms with Gasteiger partial charge in [-0.3, -0.25) is 9.69 Å². The third-order valence-electron chi connectivity index (χ3n) is 3.09. The Morgan fingerprint density at radius 1 is 1.52 bits per heavy atom. The van der Waals surface area contributed by atoms with Crippen molar-refractivity contribution in [3.8, 4) is 11.8 Å². The molecule has 6 nitrogen and oxygen atoms in total. The number of amides is 1. The maximum absolute atomic E-state index is 12.1. The van der Waals surface area contributed by atoms with Gasteiger partial charge in [0.25, 0.3) is 0 Å². The summed E-state index contributed by atoms with van der Waals surface area (Å²) in [5.41, 5.74) is 6.83. The molecule has 0 radical (unpaired) electrons. The van der Waals surface area contributed by atoms with Crippen molar-refractivity contribution in [3.05, 3.63) is 18.2 Å². The van der Waals surface area contributed by atoms with E-state index >= 15 is 0 Å². The molecular formula is C15H22N4O2. The Hall–Kier alpha value is -2.26. The van der Waals surface area contributed by atoms with Crippen LogP contribution in [0.15, 0.2) is 18.2 Å². The average molecular weight is 290 g/mol. The summed E-state index contributed by atoms with van der Waals surface area (Å²) in [6, 6.07) is 7.36. The summed E-state index contributed by atoms with van der Waals surface area (Å²) in [6.45, 7) is 4.79. The Morgan fingerprint density at radius 2 is 2.24 bits per heavy atom. The number of hydrogen-bond donors (Lipinski definition) is 2. The minimum atomic E-state index is -0.148. The summed E-state index contributed by atoms with van der Waals surface area (Å²) in [5, 5.41) is 11.5. The fraction of sp³-hybridized carbons (Fsp3) is 0.467. The summed E-state index contributed by atoms with van der Waals surface area (Å²) in [7, 11) is 1.53. The number of anilines is 2. The number of nitrogens with zero attached hydrogens (tertiary/aromatic N) is 2. The topological polar surface area (TPSA) is 91.4 Å². The first-order valence-corrected chi connectivity index (χ1v) is 6.82. The third kappa shape index (κ3) is 5.32. The molecular weight excluding hydrogens is 268 g/mol. The van der Waals surface area contributed by atoms with Crippen LogP contribution in [0.5, 0.6) is 5.75 Å². The largest absolute Gasteiger partial charge is 0.494 e. The quantitative estimate of drug-likeness (QED) is 0.748. The van der Waals surface area contributed by atoms with Crippen LogP contribution in [-0.2, 0) is 4.79 Å². The first-order valence-electron chi connectivity index (χ1n) is 6.82. The fourth-order valence-electron chi connectivity index (χ4n) is 1.90. The Bertz CT molecular complexity index is 523. The number of nitriles is 1. The van der Waals surface area contributed by atoms with E-state index in [1.54, 1.807) is 18.2 Å². The molecule has 1 aromatic carbocycles. The maximum Gasteiger partial charge on any atom is 0.238 e. The van der Waals surface area contributed by atoms with Gasteiger partial charge < -0.3 is 15.8 Å². The highest BCUT2D eigenvalue weighted by Crippen LogP contribution is 2.26. The van der Waals surface area contributed by atoms with E-state index in [1.165, 1.54) is 7.11 Å². The van der Waals surface area contributed by atoms with Gasteiger partial charge in [0.15, 0.2) is 0 Å². The van der Waals surface area contributed by atoms with Gasteiger partial charge >= 0.3 is 0 Å². The van der Waals surface area contributed by atoms with Crippen LogP contribution in [0.25, 0.3) is 0 Å². The number of methoxy groups -OCH3 is 1. The molecule has 0 unspecified atom stereocenters. The second-order valence-electron chi connectivity index (χ2n) is 4.98. The van der Waals surface area contributed by atoms with Gasteiger partial charge in [-0.15, -0.1) is 0 Å². The Morgan fingerprint density at radius 3 is 2.81 bits per heavy atom. The highest BCUT2D eigenvalue weighted by atomic mass is 16.5. The average Bonchev–Trinajstić information content (AvgIpc) is 2.44. The van der Waals surface area contributed by atoms with Crippen molar-refractivity contribution in [2.75, 3.05) is 31.2 Å². The summed E-state index contributed by atoms with van der Waals surface area (Å²) in [6.07, 6.45) is 0.399. The number of benzene rings is 1. The van der Waals surface area contributed by atoms with Crippen LogP contribution >= 0.6 is 0 Å². The normalized spacial score (nSPS) is 10.5. The summed E-state index contributed by atoms with van der Waals surface area (Å²) in [4.78, 5) is 14.1. The smallest absolute Gasteiger partial charge is 0.238 e. The molecule has 0 saturated carbocycles. The van der Waals surface area contributed by atoms with Crippen LogP contribution in [-0.4, -0.2) is 37.0 Å². The molecule has 0 spiro atoms. The molecule has 3 N–H and O–H groups in total. The molecule has 1 aromatic rings. The molecule has 0 aliphatic carbocycles. The first kappa shape index (κ1) is 16.8. The van der Waals surface area contributed by atoms with Crippen molar-refractivity contribution in [2.45, 2.75) is 26.3 Å². The van der Waals surface area contributed by atoms with Crippen LogP contribution in [0.4, 0.5) is 11.4 Å². The number of carbonyl (C=O) groups excluding carboxylic acids is 1. The van der Waals surface area contributed by atoms with Crippen molar-refractivity contribution < 1.29 is 9.53 Å². The number of nitrogens with one attached hydrogen (secondary N) is 1. The molecule has 0 heterocycles. The minimum Gasteiger partial charge on any atom is -0.494 e. The van der Waals surface area contributed by atoms with Gasteiger partial charge in [0.05, 0.1) is 25.4 Å². The van der Waals surface area contributed by atoms with Crippen LogP contribution < -0.4 is 15.8 Å². The second kappa shape index (κ2) is 8.12. The van der Waals surface area contributed by atoms with Gasteiger partial charge in [0, 0.05) is 30.8 Å². The van der Waals surface area contributed by atoms with E-state index in [2.05, 4.69) is 11.4 Å². The lowest BCUT2D eigenvalue weighted by Gasteiger charge is -2.24. The second-order valence-corrected chi connectivity index (χ2v) is 4.98. The summed E-state index contributed by atoms with van der Waals surface area (Å²) < 4.78 is 5.19. The maximum atomic E-state index is 12.1. The van der Waals surface area contributed by atoms with E-state index in [1.807, 2.05) is 18.7 Å². The van der Waals surface area contributed by atoms with Crippen LogP contribution in [0.3, 0.4) is 0 Å². The zero-order valence-electron chi connectivity index (χ0n) is 12.7. The van der Waals surface area contributed by atoms with Crippen molar-refractivity contribution >= 4 is 17.3 Å². The van der Waals surface area contributed by atoms with Gasteiger partial charge in [0.1, 0.15) is 5.75 Å². The molecule has 1 amide bonds. The van der Waals surface area contributed by atoms with Crippen LogP contribution in [0.1, 0.15) is 20.3 Å². The summed E-state index contributed by atoms with van der Waals surface area (Å²) in [5.74, 6) is 0.376. The molecule has 0 atom stereocenters. The predicted octanol–water partition coefficient (Wildman–Crippen LogP) is 1.84. The monoisotopic (exact) mass is 290 g/mol. The van der Waals surface area contributed by atoms with Gasteiger partial charge in [-0.2, -0.15) is 5.26 Å². The van der Waals surface area contributed by atoms with Gasteiger partial charge in [-0.1, -0.05) is 0 Å². The minimum absolute atomic E-state index is 0.148. The van der Waals surface area contributed by atoms with Crippen molar-refractivity contribution in [3.63, 3.8) is 0 Å². The van der Waals surface area contributed by atoms with Crippen LogP contribution in [0.2, 0.25) is 0 Å². The van der Waals surface area contributed by atoms with E-state index in [0.29, 0.717) is 30.1 Å². The first-order chi connectivity index (χ1) is 9.97. The molecule has 114 valence electrons. The van der Waals surface area contributed by atoms with Crippen molar-refractivity contribution in [1.29, 1.82) is 5.26 Å². The Labute approximate surface area is 125 Å². The molecule has 0 aromatic heterocycles. The lowest BCUT2D eigenvalue weighted by Crippen LogP contribution is -2.38. The van der Waals surface area contributed by atoms with E-state index in [-0.39, 0.29) is 18.5 Å². The van der Waals surface area contributed by atoms with Gasteiger partial charge in [-0.25, -0.2) is 0 Å². The molecule has 1 rings (SSSR count). The highest BCUT2D eigenvalue weighted by Gasteiger charge is 2.15. The van der Waals surface area contributed by atoms with Gasteiger partial charge in [0.2, 0.25) is 5.91 Å². The predicted molar refractivity (Wildman–Crippen MR) is 83.0 cm³/mol. The molecule has 0 fully saturated rings. The molecule has 0 saturated heterocycles. The van der Waals surface area contributed by atoms with E-state index in [4.69, 9.17) is 15.7 Å².